The second kappa shape index (κ2) is 3.09. The van der Waals surface area contributed by atoms with E-state index in [9.17, 15) is 0 Å². The molecule has 1 aromatic heterocycles. The van der Waals surface area contributed by atoms with Gasteiger partial charge in [-0.15, -0.1) is 0 Å². The molecular formula is C13H14N. The van der Waals surface area contributed by atoms with Crippen molar-refractivity contribution in [2.75, 3.05) is 0 Å². The van der Waals surface area contributed by atoms with E-state index in [4.69, 9.17) is 0 Å². The van der Waals surface area contributed by atoms with Crippen molar-refractivity contribution in [2.24, 2.45) is 0 Å². The summed E-state index contributed by atoms with van der Waals surface area (Å²) in [7, 11) is 0. The van der Waals surface area contributed by atoms with Crippen LogP contribution in [0.2, 0.25) is 0 Å². The highest BCUT2D eigenvalue weighted by Gasteiger charge is 2.15. The fraction of sp³-hybridized carbons (Fsp3) is 0.308. The Bertz CT molecular complexity index is 452. The van der Waals surface area contributed by atoms with Gasteiger partial charge in [-0.05, 0) is 18.2 Å². The number of hydrogen-bond acceptors (Lipinski definition) is 1. The van der Waals surface area contributed by atoms with Crippen molar-refractivity contribution in [3.05, 3.63) is 42.1 Å². The first kappa shape index (κ1) is 9.20. The quantitative estimate of drug-likeness (QED) is 0.612. The van der Waals surface area contributed by atoms with Crippen LogP contribution in [0.25, 0.3) is 10.9 Å². The highest BCUT2D eigenvalue weighted by Crippen LogP contribution is 2.22. The standard InChI is InChI=1S/C13H14N/c1-13(2,3)12-9-8-10-6-4-5-7-11(10)14-12/h4-7,9H,1-3H3. The molecule has 0 aliphatic carbocycles. The number of benzene rings is 1. The molecule has 1 heterocycles. The Balaban J connectivity index is 2.63. The molecule has 0 spiro atoms. The Morgan fingerprint density at radius 1 is 1.14 bits per heavy atom. The van der Waals surface area contributed by atoms with Gasteiger partial charge in [-0.25, -0.2) is 0 Å². The lowest BCUT2D eigenvalue weighted by atomic mass is 9.91. The summed E-state index contributed by atoms with van der Waals surface area (Å²) in [5.74, 6) is 0. The van der Waals surface area contributed by atoms with Gasteiger partial charge in [-0.1, -0.05) is 39.0 Å². The maximum Gasteiger partial charge on any atom is 0.0711 e. The van der Waals surface area contributed by atoms with E-state index in [0.29, 0.717) is 0 Å². The largest absolute Gasteiger partial charge is 0.252 e. The van der Waals surface area contributed by atoms with Crippen molar-refractivity contribution in [1.29, 1.82) is 0 Å². The summed E-state index contributed by atoms with van der Waals surface area (Å²) >= 11 is 0. The van der Waals surface area contributed by atoms with E-state index in [1.807, 2.05) is 30.3 Å². The normalized spacial score (nSPS) is 11.9. The Labute approximate surface area is 84.8 Å². The lowest BCUT2D eigenvalue weighted by Crippen LogP contribution is -2.13. The molecule has 2 rings (SSSR count). The predicted molar refractivity (Wildman–Crippen MR) is 59.3 cm³/mol. The molecule has 1 nitrogen and oxygen atoms in total. The van der Waals surface area contributed by atoms with Crippen LogP contribution in [0.15, 0.2) is 30.3 Å². The van der Waals surface area contributed by atoms with Crippen LogP contribution in [-0.4, -0.2) is 4.98 Å². The van der Waals surface area contributed by atoms with Crippen LogP contribution in [-0.2, 0) is 5.41 Å². The van der Waals surface area contributed by atoms with Crippen molar-refractivity contribution in [1.82, 2.24) is 4.98 Å². The molecule has 0 fully saturated rings. The van der Waals surface area contributed by atoms with Gasteiger partial charge in [0, 0.05) is 16.5 Å². The number of hydrogen-bond donors (Lipinski definition) is 0. The Morgan fingerprint density at radius 2 is 1.86 bits per heavy atom. The monoisotopic (exact) mass is 184 g/mol. The third-order valence-corrected chi connectivity index (χ3v) is 2.28. The van der Waals surface area contributed by atoms with E-state index < -0.39 is 0 Å². The third-order valence-electron chi connectivity index (χ3n) is 2.28. The molecule has 0 atom stereocenters. The summed E-state index contributed by atoms with van der Waals surface area (Å²) in [6.07, 6.45) is 0. The molecule has 0 saturated carbocycles. The van der Waals surface area contributed by atoms with E-state index in [1.54, 1.807) is 0 Å². The molecule has 2 aromatic rings. The fourth-order valence-corrected chi connectivity index (χ4v) is 1.39. The van der Waals surface area contributed by atoms with Crippen molar-refractivity contribution in [2.45, 2.75) is 26.2 Å². The molecule has 0 N–H and O–H groups in total. The van der Waals surface area contributed by atoms with Crippen LogP contribution < -0.4 is 0 Å². The van der Waals surface area contributed by atoms with E-state index in [1.165, 1.54) is 0 Å². The number of rotatable bonds is 0. The van der Waals surface area contributed by atoms with E-state index in [2.05, 4.69) is 31.8 Å². The minimum absolute atomic E-state index is 0.0977. The first-order valence-electron chi connectivity index (χ1n) is 4.85. The topological polar surface area (TPSA) is 12.9 Å². The van der Waals surface area contributed by atoms with Crippen LogP contribution in [0, 0.1) is 6.07 Å². The number of aromatic nitrogens is 1. The minimum Gasteiger partial charge on any atom is -0.252 e. The molecule has 14 heavy (non-hydrogen) atoms. The van der Waals surface area contributed by atoms with Gasteiger partial charge in [-0.3, -0.25) is 4.98 Å². The summed E-state index contributed by atoms with van der Waals surface area (Å²) < 4.78 is 0. The van der Waals surface area contributed by atoms with Crippen LogP contribution >= 0.6 is 0 Å². The first-order valence-corrected chi connectivity index (χ1v) is 4.85. The van der Waals surface area contributed by atoms with Gasteiger partial charge in [0.25, 0.3) is 0 Å². The third kappa shape index (κ3) is 1.63. The van der Waals surface area contributed by atoms with E-state index >= 15 is 0 Å². The van der Waals surface area contributed by atoms with E-state index in [0.717, 1.165) is 16.6 Å². The highest BCUT2D eigenvalue weighted by atomic mass is 14.7. The molecule has 0 unspecified atom stereocenters. The molecule has 1 radical (unpaired) electrons. The number of fused-ring (bicyclic) bond motifs is 1. The zero-order chi connectivity index (χ0) is 10.2. The zero-order valence-electron chi connectivity index (χ0n) is 8.83. The van der Waals surface area contributed by atoms with Crippen LogP contribution in [0.4, 0.5) is 0 Å². The van der Waals surface area contributed by atoms with Crippen molar-refractivity contribution >= 4 is 10.9 Å². The second-order valence-electron chi connectivity index (χ2n) is 4.55. The molecule has 1 heteroatoms. The average Bonchev–Trinajstić information content (AvgIpc) is 2.16. The van der Waals surface area contributed by atoms with Crippen molar-refractivity contribution in [3.63, 3.8) is 0 Å². The molecule has 1 aromatic carbocycles. The van der Waals surface area contributed by atoms with Gasteiger partial charge in [0.2, 0.25) is 0 Å². The SMILES string of the molecule is CC(C)(C)c1c[c]c2ccccc2n1. The summed E-state index contributed by atoms with van der Waals surface area (Å²) in [4.78, 5) is 4.62. The van der Waals surface area contributed by atoms with E-state index in [-0.39, 0.29) is 5.41 Å². The second-order valence-corrected chi connectivity index (χ2v) is 4.55. The summed E-state index contributed by atoms with van der Waals surface area (Å²) in [5.41, 5.74) is 2.22. The molecule has 0 aliphatic heterocycles. The first-order chi connectivity index (χ1) is 6.57. The summed E-state index contributed by atoms with van der Waals surface area (Å²) in [5, 5.41) is 1.08. The average molecular weight is 184 g/mol. The van der Waals surface area contributed by atoms with Gasteiger partial charge in [0.1, 0.15) is 0 Å². The Kier molecular flexibility index (Phi) is 2.03. The molecule has 0 saturated heterocycles. The zero-order valence-corrected chi connectivity index (χ0v) is 8.83. The molecule has 0 amide bonds. The van der Waals surface area contributed by atoms with Gasteiger partial charge in [-0.2, -0.15) is 0 Å². The maximum atomic E-state index is 4.62. The molecule has 0 aliphatic rings. The number of nitrogens with zero attached hydrogens (tertiary/aromatic N) is 1. The van der Waals surface area contributed by atoms with Crippen molar-refractivity contribution in [3.8, 4) is 0 Å². The number of para-hydroxylation sites is 1. The predicted octanol–water partition coefficient (Wildman–Crippen LogP) is 3.33. The van der Waals surface area contributed by atoms with Crippen LogP contribution in [0.5, 0.6) is 0 Å². The smallest absolute Gasteiger partial charge is 0.0711 e. The molecule has 0 bridgehead atoms. The summed E-state index contributed by atoms with van der Waals surface area (Å²) in [6, 6.07) is 13.3. The molecule has 71 valence electrons. The van der Waals surface area contributed by atoms with Gasteiger partial charge < -0.3 is 0 Å². The lowest BCUT2D eigenvalue weighted by molar-refractivity contribution is 0.571. The Hall–Kier alpha value is -1.37. The van der Waals surface area contributed by atoms with Gasteiger partial charge >= 0.3 is 0 Å². The summed E-state index contributed by atoms with van der Waals surface area (Å²) in [6.45, 7) is 6.49. The van der Waals surface area contributed by atoms with Crippen LogP contribution in [0.1, 0.15) is 26.5 Å². The van der Waals surface area contributed by atoms with Crippen LogP contribution in [0.3, 0.4) is 0 Å². The number of pyridine rings is 1. The maximum absolute atomic E-state index is 4.62. The van der Waals surface area contributed by atoms with Crippen molar-refractivity contribution < 1.29 is 0 Å². The van der Waals surface area contributed by atoms with Gasteiger partial charge in [0.05, 0.1) is 5.52 Å². The molecular weight excluding hydrogens is 170 g/mol. The highest BCUT2D eigenvalue weighted by molar-refractivity contribution is 5.77. The fourth-order valence-electron chi connectivity index (χ4n) is 1.39. The lowest BCUT2D eigenvalue weighted by Gasteiger charge is -2.17. The minimum atomic E-state index is 0.0977. The van der Waals surface area contributed by atoms with Gasteiger partial charge in [0.15, 0.2) is 0 Å². The Morgan fingerprint density at radius 3 is 2.57 bits per heavy atom.